The highest BCUT2D eigenvalue weighted by Crippen LogP contribution is 2.21. The van der Waals surface area contributed by atoms with Crippen molar-refractivity contribution in [3.8, 4) is 0 Å². The molecule has 0 heterocycles. The molecule has 26 heavy (non-hydrogen) atoms. The molecule has 0 saturated heterocycles. The molecule has 0 aromatic carbocycles. The summed E-state index contributed by atoms with van der Waals surface area (Å²) in [6, 6.07) is 0.494. The molecular weight excluding hydrogens is 358 g/mol. The van der Waals surface area contributed by atoms with Crippen LogP contribution in [-0.2, 0) is 22.8 Å². The molecule has 0 N–H and O–H groups in total. The monoisotopic (exact) mass is 393 g/mol. The zero-order valence-corrected chi connectivity index (χ0v) is 18.0. The Morgan fingerprint density at radius 2 is 1.38 bits per heavy atom. The standard InChI is InChI=1S/C17H35NO7Si/c1-7-15(6)25-26(23-10-4,24-11-5)14-12-13-18(16(19)21-8-2)17(20)22-9-3/h15H,7-14H2,1-6H3. The molecule has 9 heteroatoms. The van der Waals surface area contributed by atoms with E-state index in [2.05, 4.69) is 0 Å². The summed E-state index contributed by atoms with van der Waals surface area (Å²) in [4.78, 5) is 25.0. The van der Waals surface area contributed by atoms with Crippen LogP contribution in [0.1, 0.15) is 54.4 Å². The van der Waals surface area contributed by atoms with Crippen LogP contribution in [0, 0.1) is 0 Å². The van der Waals surface area contributed by atoms with Gasteiger partial charge in [0.2, 0.25) is 0 Å². The van der Waals surface area contributed by atoms with E-state index in [1.165, 1.54) is 0 Å². The molecule has 0 aliphatic heterocycles. The first-order chi connectivity index (χ1) is 12.4. The lowest BCUT2D eigenvalue weighted by atomic mass is 10.3. The molecule has 0 aliphatic rings. The van der Waals surface area contributed by atoms with Gasteiger partial charge >= 0.3 is 21.0 Å². The summed E-state index contributed by atoms with van der Waals surface area (Å²) in [5.74, 6) is 0. The molecular formula is C17H35NO7Si. The Morgan fingerprint density at radius 1 is 0.885 bits per heavy atom. The summed E-state index contributed by atoms with van der Waals surface area (Å²) in [6.07, 6.45) is -0.110. The van der Waals surface area contributed by atoms with E-state index in [0.717, 1.165) is 11.3 Å². The summed E-state index contributed by atoms with van der Waals surface area (Å²) in [7, 11) is -2.88. The van der Waals surface area contributed by atoms with Gasteiger partial charge in [-0.05, 0) is 47.5 Å². The van der Waals surface area contributed by atoms with Gasteiger partial charge in [0.25, 0.3) is 0 Å². The summed E-state index contributed by atoms with van der Waals surface area (Å²) in [5, 5.41) is 0. The largest absolute Gasteiger partial charge is 0.501 e. The van der Waals surface area contributed by atoms with Crippen LogP contribution in [-0.4, -0.2) is 65.0 Å². The third kappa shape index (κ3) is 8.97. The summed E-state index contributed by atoms with van der Waals surface area (Å²) in [6.45, 7) is 12.6. The van der Waals surface area contributed by atoms with Gasteiger partial charge in [-0.2, -0.15) is 0 Å². The second kappa shape index (κ2) is 14.0. The van der Waals surface area contributed by atoms with Crippen molar-refractivity contribution in [1.29, 1.82) is 0 Å². The number of carbonyl (C=O) groups is 2. The number of carbonyl (C=O) groups excluding carboxylic acids is 2. The Labute approximate surface area is 158 Å². The SMILES string of the molecule is CCOC(=O)N(CCC[Si](OCC)(OCC)OC(C)CC)C(=O)OCC. The van der Waals surface area contributed by atoms with Crippen LogP contribution in [0.3, 0.4) is 0 Å². The van der Waals surface area contributed by atoms with Crippen LogP contribution < -0.4 is 0 Å². The van der Waals surface area contributed by atoms with Gasteiger partial charge in [0.15, 0.2) is 0 Å². The second-order valence-electron chi connectivity index (χ2n) is 5.54. The predicted molar refractivity (Wildman–Crippen MR) is 100 cm³/mol. The molecule has 0 fully saturated rings. The highest BCUT2D eigenvalue weighted by Gasteiger charge is 2.42. The maximum atomic E-state index is 12.0. The maximum Gasteiger partial charge on any atom is 0.501 e. The highest BCUT2D eigenvalue weighted by atomic mass is 28.4. The first-order valence-corrected chi connectivity index (χ1v) is 11.4. The zero-order chi connectivity index (χ0) is 20.0. The Bertz CT molecular complexity index is 385. The van der Waals surface area contributed by atoms with Crippen LogP contribution in [0.2, 0.25) is 6.04 Å². The van der Waals surface area contributed by atoms with Crippen molar-refractivity contribution in [3.05, 3.63) is 0 Å². The predicted octanol–water partition coefficient (Wildman–Crippen LogP) is 3.82. The fraction of sp³-hybridized carbons (Fsp3) is 0.882. The molecule has 0 aromatic rings. The van der Waals surface area contributed by atoms with Crippen LogP contribution in [0.15, 0.2) is 0 Å². The molecule has 0 saturated carbocycles. The van der Waals surface area contributed by atoms with Gasteiger partial charge < -0.3 is 22.8 Å². The second-order valence-corrected chi connectivity index (χ2v) is 8.22. The van der Waals surface area contributed by atoms with E-state index in [0.29, 0.717) is 25.7 Å². The van der Waals surface area contributed by atoms with E-state index in [1.54, 1.807) is 13.8 Å². The Kier molecular flexibility index (Phi) is 13.3. The lowest BCUT2D eigenvalue weighted by Crippen LogP contribution is -2.49. The fourth-order valence-electron chi connectivity index (χ4n) is 2.26. The zero-order valence-electron chi connectivity index (χ0n) is 17.0. The molecule has 0 aromatic heterocycles. The molecule has 0 spiro atoms. The Hall–Kier alpha value is -1.16. The molecule has 8 nitrogen and oxygen atoms in total. The normalized spacial score (nSPS) is 12.5. The van der Waals surface area contributed by atoms with Crippen LogP contribution in [0.25, 0.3) is 0 Å². The van der Waals surface area contributed by atoms with Gasteiger partial charge in [-0.25, -0.2) is 14.5 Å². The summed E-state index contributed by atoms with van der Waals surface area (Å²) in [5.41, 5.74) is 0. The molecule has 0 radical (unpaired) electrons. The number of hydrogen-bond donors (Lipinski definition) is 0. The van der Waals surface area contributed by atoms with Gasteiger partial charge in [-0.15, -0.1) is 0 Å². The minimum Gasteiger partial charge on any atom is -0.449 e. The Balaban J connectivity index is 5.03. The van der Waals surface area contributed by atoms with Gasteiger partial charge in [0, 0.05) is 31.9 Å². The lowest BCUT2D eigenvalue weighted by molar-refractivity contribution is 0.0354. The van der Waals surface area contributed by atoms with Gasteiger partial charge in [0.1, 0.15) is 0 Å². The van der Waals surface area contributed by atoms with Crippen molar-refractivity contribution in [1.82, 2.24) is 4.90 Å². The lowest BCUT2D eigenvalue weighted by Gasteiger charge is -2.32. The molecule has 154 valence electrons. The Morgan fingerprint density at radius 3 is 1.77 bits per heavy atom. The van der Waals surface area contributed by atoms with Crippen molar-refractivity contribution in [2.24, 2.45) is 0 Å². The number of rotatable bonds is 13. The molecule has 0 rings (SSSR count). The highest BCUT2D eigenvalue weighted by molar-refractivity contribution is 6.60. The third-order valence-corrected chi connectivity index (χ3v) is 6.71. The van der Waals surface area contributed by atoms with E-state index in [1.807, 2.05) is 27.7 Å². The smallest absolute Gasteiger partial charge is 0.449 e. The van der Waals surface area contributed by atoms with E-state index in [4.69, 9.17) is 22.8 Å². The first-order valence-electron chi connectivity index (χ1n) is 9.46. The van der Waals surface area contributed by atoms with Crippen LogP contribution >= 0.6 is 0 Å². The van der Waals surface area contributed by atoms with Crippen molar-refractivity contribution in [2.75, 3.05) is 33.0 Å². The van der Waals surface area contributed by atoms with Crippen LogP contribution in [0.5, 0.6) is 0 Å². The quantitative estimate of drug-likeness (QED) is 0.440. The average molecular weight is 394 g/mol. The number of imide groups is 1. The van der Waals surface area contributed by atoms with Gasteiger partial charge in [0.05, 0.1) is 13.2 Å². The molecule has 0 bridgehead atoms. The minimum absolute atomic E-state index is 0.00554. The fourth-order valence-corrected chi connectivity index (χ4v) is 5.13. The average Bonchev–Trinajstić information content (AvgIpc) is 2.59. The van der Waals surface area contributed by atoms with E-state index in [9.17, 15) is 9.59 Å². The topological polar surface area (TPSA) is 83.5 Å². The number of amides is 2. The van der Waals surface area contributed by atoms with Crippen molar-refractivity contribution in [3.63, 3.8) is 0 Å². The third-order valence-electron chi connectivity index (χ3n) is 3.53. The number of hydrogen-bond acceptors (Lipinski definition) is 7. The van der Waals surface area contributed by atoms with Crippen molar-refractivity contribution in [2.45, 2.75) is 66.5 Å². The molecule has 1 atom stereocenters. The van der Waals surface area contributed by atoms with E-state index >= 15 is 0 Å². The summed E-state index contributed by atoms with van der Waals surface area (Å²) < 4.78 is 27.7. The molecule has 1 unspecified atom stereocenters. The van der Waals surface area contributed by atoms with Gasteiger partial charge in [-0.1, -0.05) is 6.92 Å². The number of ether oxygens (including phenoxy) is 2. The van der Waals surface area contributed by atoms with E-state index in [-0.39, 0.29) is 25.9 Å². The summed E-state index contributed by atoms with van der Waals surface area (Å²) >= 11 is 0. The van der Waals surface area contributed by atoms with Crippen LogP contribution in [0.4, 0.5) is 9.59 Å². The molecule has 2 amide bonds. The van der Waals surface area contributed by atoms with Crippen molar-refractivity contribution >= 4 is 21.0 Å². The number of nitrogens with zero attached hydrogens (tertiary/aromatic N) is 1. The molecule has 0 aliphatic carbocycles. The van der Waals surface area contributed by atoms with Gasteiger partial charge in [-0.3, -0.25) is 0 Å². The minimum atomic E-state index is -2.88. The first kappa shape index (κ1) is 24.8. The van der Waals surface area contributed by atoms with Crippen molar-refractivity contribution < 1.29 is 32.3 Å². The van der Waals surface area contributed by atoms with E-state index < -0.39 is 21.0 Å². The maximum absolute atomic E-state index is 12.0.